The molecule has 0 radical (unpaired) electrons. The van der Waals surface area contributed by atoms with E-state index in [1.165, 1.54) is 5.56 Å². The molecule has 1 amide bonds. The molecule has 3 aromatic carbocycles. The van der Waals surface area contributed by atoms with Crippen LogP contribution in [0.25, 0.3) is 11.6 Å². The summed E-state index contributed by atoms with van der Waals surface area (Å²) < 4.78 is 0. The van der Waals surface area contributed by atoms with Gasteiger partial charge in [0, 0.05) is 17.1 Å². The summed E-state index contributed by atoms with van der Waals surface area (Å²) in [6.45, 7) is 2.67. The van der Waals surface area contributed by atoms with Gasteiger partial charge in [0.2, 0.25) is 0 Å². The van der Waals surface area contributed by atoms with Gasteiger partial charge in [0.25, 0.3) is 5.91 Å². The van der Waals surface area contributed by atoms with Crippen molar-refractivity contribution in [3.05, 3.63) is 107 Å². The first-order valence-electron chi connectivity index (χ1n) is 9.00. The minimum absolute atomic E-state index is 0.107. The normalized spacial score (nSPS) is 12.4. The fourth-order valence-electron chi connectivity index (χ4n) is 2.89. The van der Waals surface area contributed by atoms with E-state index in [-0.39, 0.29) is 11.8 Å². The molecule has 1 N–H and O–H groups in total. The van der Waals surface area contributed by atoms with E-state index in [2.05, 4.69) is 24.4 Å². The predicted molar refractivity (Wildman–Crippen MR) is 114 cm³/mol. The molecule has 0 aliphatic rings. The standard InChI is InChI=1S/C24H22ClNO/c1-18(19-10-4-2-5-11-19)17-26-24(27)22(20-12-6-3-7-13-20)16-21-14-8-9-15-23(21)25/h2-16,18H,17H2,1H3,(H,26,27)/b22-16+/t18-/m0/s1. The van der Waals surface area contributed by atoms with Crippen LogP contribution in [0.5, 0.6) is 0 Å². The van der Waals surface area contributed by atoms with Crippen molar-refractivity contribution >= 4 is 29.2 Å². The number of rotatable bonds is 6. The number of carbonyl (C=O) groups excluding carboxylic acids is 1. The van der Waals surface area contributed by atoms with Gasteiger partial charge in [-0.2, -0.15) is 0 Å². The molecule has 27 heavy (non-hydrogen) atoms. The Kier molecular flexibility index (Phi) is 6.45. The zero-order valence-corrected chi connectivity index (χ0v) is 16.0. The Morgan fingerprint density at radius 1 is 0.926 bits per heavy atom. The van der Waals surface area contributed by atoms with E-state index in [1.54, 1.807) is 0 Å². The van der Waals surface area contributed by atoms with E-state index in [0.29, 0.717) is 17.1 Å². The molecule has 3 aromatic rings. The lowest BCUT2D eigenvalue weighted by atomic mass is 9.99. The molecule has 3 rings (SSSR count). The number of halogens is 1. The molecule has 136 valence electrons. The lowest BCUT2D eigenvalue weighted by Crippen LogP contribution is -2.28. The van der Waals surface area contributed by atoms with Crippen LogP contribution in [0.1, 0.15) is 29.5 Å². The van der Waals surface area contributed by atoms with Crippen molar-refractivity contribution in [3.63, 3.8) is 0 Å². The van der Waals surface area contributed by atoms with Crippen LogP contribution >= 0.6 is 11.6 Å². The first-order chi connectivity index (χ1) is 13.1. The van der Waals surface area contributed by atoms with E-state index < -0.39 is 0 Å². The van der Waals surface area contributed by atoms with Gasteiger partial charge >= 0.3 is 0 Å². The van der Waals surface area contributed by atoms with Crippen molar-refractivity contribution in [2.75, 3.05) is 6.54 Å². The first-order valence-corrected chi connectivity index (χ1v) is 9.37. The molecule has 1 atom stereocenters. The molecule has 0 aliphatic heterocycles. The van der Waals surface area contributed by atoms with E-state index >= 15 is 0 Å². The van der Waals surface area contributed by atoms with Gasteiger partial charge in [-0.05, 0) is 34.8 Å². The molecule has 0 spiro atoms. The van der Waals surface area contributed by atoms with Crippen LogP contribution in [-0.4, -0.2) is 12.5 Å². The molecule has 0 unspecified atom stereocenters. The van der Waals surface area contributed by atoms with Crippen LogP contribution in [0, 0.1) is 0 Å². The van der Waals surface area contributed by atoms with Crippen LogP contribution in [0.2, 0.25) is 5.02 Å². The highest BCUT2D eigenvalue weighted by Gasteiger charge is 2.14. The van der Waals surface area contributed by atoms with Gasteiger partial charge in [0.15, 0.2) is 0 Å². The van der Waals surface area contributed by atoms with Crippen molar-refractivity contribution in [2.45, 2.75) is 12.8 Å². The van der Waals surface area contributed by atoms with E-state index in [0.717, 1.165) is 11.1 Å². The SMILES string of the molecule is C[C@@H](CNC(=O)/C(=C/c1ccccc1Cl)c1ccccc1)c1ccccc1. The second kappa shape index (κ2) is 9.20. The summed E-state index contributed by atoms with van der Waals surface area (Å²) in [5.41, 5.74) is 3.49. The maximum absolute atomic E-state index is 13.0. The third-order valence-corrected chi connectivity index (χ3v) is 4.82. The van der Waals surface area contributed by atoms with E-state index in [1.807, 2.05) is 78.9 Å². The molecule has 0 saturated heterocycles. The van der Waals surface area contributed by atoms with Crippen molar-refractivity contribution in [3.8, 4) is 0 Å². The number of hydrogen-bond acceptors (Lipinski definition) is 1. The summed E-state index contributed by atoms with van der Waals surface area (Å²) >= 11 is 6.29. The Bertz CT molecular complexity index is 919. The second-order valence-electron chi connectivity index (χ2n) is 6.47. The molecule has 0 bridgehead atoms. The smallest absolute Gasteiger partial charge is 0.251 e. The predicted octanol–water partition coefficient (Wildman–Crippen LogP) is 5.80. The summed E-state index contributed by atoms with van der Waals surface area (Å²) in [4.78, 5) is 13.0. The highest BCUT2D eigenvalue weighted by atomic mass is 35.5. The average molecular weight is 376 g/mol. The zero-order chi connectivity index (χ0) is 19.1. The van der Waals surface area contributed by atoms with Gasteiger partial charge in [0.1, 0.15) is 0 Å². The van der Waals surface area contributed by atoms with E-state index in [4.69, 9.17) is 11.6 Å². The molecule has 0 heterocycles. The number of carbonyl (C=O) groups is 1. The maximum atomic E-state index is 13.0. The minimum Gasteiger partial charge on any atom is -0.351 e. The largest absolute Gasteiger partial charge is 0.351 e. The van der Waals surface area contributed by atoms with Crippen molar-refractivity contribution in [1.82, 2.24) is 5.32 Å². The lowest BCUT2D eigenvalue weighted by Gasteiger charge is -2.15. The number of nitrogens with one attached hydrogen (secondary N) is 1. The molecule has 2 nitrogen and oxygen atoms in total. The molecule has 3 heteroatoms. The lowest BCUT2D eigenvalue weighted by molar-refractivity contribution is -0.115. The number of amides is 1. The Labute approximate surface area is 165 Å². The topological polar surface area (TPSA) is 29.1 Å². The maximum Gasteiger partial charge on any atom is 0.251 e. The van der Waals surface area contributed by atoms with Crippen LogP contribution in [0.4, 0.5) is 0 Å². The van der Waals surface area contributed by atoms with Gasteiger partial charge in [-0.25, -0.2) is 0 Å². The van der Waals surface area contributed by atoms with Crippen LogP contribution in [0.15, 0.2) is 84.9 Å². The molecule has 0 saturated carbocycles. The van der Waals surface area contributed by atoms with Crippen LogP contribution in [-0.2, 0) is 4.79 Å². The third-order valence-electron chi connectivity index (χ3n) is 4.47. The van der Waals surface area contributed by atoms with E-state index in [9.17, 15) is 4.79 Å². The van der Waals surface area contributed by atoms with Crippen molar-refractivity contribution in [2.24, 2.45) is 0 Å². The number of benzene rings is 3. The average Bonchev–Trinajstić information content (AvgIpc) is 2.72. The Morgan fingerprint density at radius 3 is 2.19 bits per heavy atom. The van der Waals surface area contributed by atoms with Gasteiger partial charge in [-0.1, -0.05) is 97.4 Å². The number of hydrogen-bond donors (Lipinski definition) is 1. The Hall–Kier alpha value is -2.84. The zero-order valence-electron chi connectivity index (χ0n) is 15.2. The monoisotopic (exact) mass is 375 g/mol. The second-order valence-corrected chi connectivity index (χ2v) is 6.87. The van der Waals surface area contributed by atoms with Gasteiger partial charge in [-0.15, -0.1) is 0 Å². The molecular formula is C24H22ClNO. The van der Waals surface area contributed by atoms with Gasteiger partial charge in [-0.3, -0.25) is 4.79 Å². The summed E-state index contributed by atoms with van der Waals surface area (Å²) in [6, 6.07) is 27.4. The molecule has 0 aromatic heterocycles. The summed E-state index contributed by atoms with van der Waals surface area (Å²) in [6.07, 6.45) is 1.85. The first kappa shape index (κ1) is 18.9. The summed E-state index contributed by atoms with van der Waals surface area (Å²) in [5, 5.41) is 3.69. The third kappa shape index (κ3) is 5.08. The minimum atomic E-state index is -0.107. The Morgan fingerprint density at radius 2 is 1.52 bits per heavy atom. The van der Waals surface area contributed by atoms with Crippen molar-refractivity contribution in [1.29, 1.82) is 0 Å². The van der Waals surface area contributed by atoms with Crippen LogP contribution < -0.4 is 5.32 Å². The highest BCUT2D eigenvalue weighted by Crippen LogP contribution is 2.23. The molecule has 0 aliphatic carbocycles. The van der Waals surface area contributed by atoms with Gasteiger partial charge < -0.3 is 5.32 Å². The summed E-state index contributed by atoms with van der Waals surface area (Å²) in [5.74, 6) is 0.122. The molecular weight excluding hydrogens is 354 g/mol. The van der Waals surface area contributed by atoms with Gasteiger partial charge in [0.05, 0.1) is 0 Å². The highest BCUT2D eigenvalue weighted by molar-refractivity contribution is 6.33. The van der Waals surface area contributed by atoms with Crippen molar-refractivity contribution < 1.29 is 4.79 Å². The fraction of sp³-hybridized carbons (Fsp3) is 0.125. The summed E-state index contributed by atoms with van der Waals surface area (Å²) in [7, 11) is 0. The molecule has 0 fully saturated rings. The van der Waals surface area contributed by atoms with Crippen LogP contribution in [0.3, 0.4) is 0 Å². The quantitative estimate of drug-likeness (QED) is 0.428. The Balaban J connectivity index is 1.83. The fourth-order valence-corrected chi connectivity index (χ4v) is 3.08.